The van der Waals surface area contributed by atoms with Gasteiger partial charge in [0.25, 0.3) is 0 Å². The maximum absolute atomic E-state index is 14.3. The number of H-pyrrole nitrogens is 4. The number of nitrogens with one attached hydrogen (secondary N) is 4. The number of carbonyl (C=O) groups is 1. The molecule has 112 heavy (non-hydrogen) atoms. The number of allylic oxidation sites excluding steroid dienone is 4. The lowest BCUT2D eigenvalue weighted by Crippen LogP contribution is -2.28. The Kier molecular flexibility index (Phi) is 18.3. The molecular weight excluding hydrogens is 1370 g/mol. The van der Waals surface area contributed by atoms with Gasteiger partial charge in [0.1, 0.15) is 17.1 Å². The first kappa shape index (κ1) is 74.7. The van der Waals surface area contributed by atoms with Crippen molar-refractivity contribution in [3.63, 3.8) is 0 Å². The maximum Gasteiger partial charge on any atom is 0.341 e. The predicted molar refractivity (Wildman–Crippen MR) is 470 cm³/mol. The Bertz CT molecular complexity index is 6320. The van der Waals surface area contributed by atoms with E-state index in [0.29, 0.717) is 17.1 Å². The average molecular weight is 1480 g/mol. The molecule has 566 valence electrons. The minimum absolute atomic E-state index is 0.282. The molecule has 0 aliphatic carbocycles. The van der Waals surface area contributed by atoms with Gasteiger partial charge in [0, 0.05) is 88.5 Å². The number of hydrogen-bond donors (Lipinski definition) is 4. The van der Waals surface area contributed by atoms with Gasteiger partial charge in [-0.1, -0.05) is 155 Å². The number of hydrogen-bond acceptors (Lipinski definition) is 7. The number of aromatic nitrogens is 8. The molecule has 16 bridgehead atoms. The Balaban J connectivity index is 1.000. The summed E-state index contributed by atoms with van der Waals surface area (Å²) in [6.07, 6.45) is 12.2. The molecule has 16 rings (SSSR count). The lowest BCUT2D eigenvalue weighted by atomic mass is 9.70. The molecule has 0 saturated carbocycles. The normalized spacial score (nSPS) is 13.8. The summed E-state index contributed by atoms with van der Waals surface area (Å²) in [7, 11) is 1.45. The summed E-state index contributed by atoms with van der Waals surface area (Å²) in [5, 5.41) is 0. The molecule has 6 aromatic heterocycles. The summed E-state index contributed by atoms with van der Waals surface area (Å²) >= 11 is 0. The summed E-state index contributed by atoms with van der Waals surface area (Å²) in [6, 6.07) is 42.8. The Morgan fingerprint density at radius 2 is 0.848 bits per heavy atom. The zero-order valence-electron chi connectivity index (χ0n) is 69.6. The Morgan fingerprint density at radius 3 is 1.37 bits per heavy atom. The van der Waals surface area contributed by atoms with E-state index >= 15 is 0 Å². The average Bonchev–Trinajstić information content (AvgIpc) is 1.44. The quantitative estimate of drug-likeness (QED) is 0.0996. The molecule has 11 aromatic rings. The summed E-state index contributed by atoms with van der Waals surface area (Å²) in [5.74, 6) is 0.700. The molecule has 11 heteroatoms. The standard InChI is InChI=1S/C101H104N8O3/c1-24-65-57(11)81-48-85-67(26-3)59(13)94(108-85)90(95-60(14)68(27-4)86(109-95)49-82-58(12)66(25-2)84(107-82)50-83(65)106-81)62-30-28-61(29-31-62)89-73-32-36-77(102-73)92(87-53(7)40-51(5)41-54(87)8)79-38-34-75(104-79)91(76-35-39-80(105-76)93(78-37-33-74(89)103-78)88-55(9)42-52(6)43-56(88)10)69-44-63(99(15,16)17)46-71-96(69)112-97-70(98(110)111-23)45-64(100(18,19)20)47-72(97)101(71,21)22/h28-50,102,105-106,109H,24-27H2,1-23H3. The first-order valence-electron chi connectivity index (χ1n) is 40.1. The third kappa shape index (κ3) is 12.3. The maximum atomic E-state index is 14.3. The van der Waals surface area contributed by atoms with Gasteiger partial charge in [0.15, 0.2) is 0 Å². The van der Waals surface area contributed by atoms with Crippen molar-refractivity contribution in [3.05, 3.63) is 244 Å². The molecule has 0 fully saturated rings. The highest BCUT2D eigenvalue weighted by atomic mass is 16.5. The molecule has 0 unspecified atom stereocenters. The van der Waals surface area contributed by atoms with E-state index in [1.54, 1.807) is 0 Å². The number of ether oxygens (including phenoxy) is 2. The molecule has 0 saturated heterocycles. The van der Waals surface area contributed by atoms with Gasteiger partial charge in [-0.05, 0) is 285 Å². The van der Waals surface area contributed by atoms with Crippen molar-refractivity contribution in [2.24, 2.45) is 0 Å². The van der Waals surface area contributed by atoms with Gasteiger partial charge in [-0.25, -0.2) is 24.7 Å². The van der Waals surface area contributed by atoms with Crippen LogP contribution < -0.4 is 4.74 Å². The van der Waals surface area contributed by atoms with Gasteiger partial charge in [0.05, 0.1) is 58.2 Å². The molecule has 0 amide bonds. The van der Waals surface area contributed by atoms with Crippen LogP contribution in [0.1, 0.15) is 244 Å². The minimum atomic E-state index is -0.656. The molecule has 5 aromatic carbocycles. The number of aryl methyl sites for hydroxylation is 10. The van der Waals surface area contributed by atoms with Crippen LogP contribution in [-0.4, -0.2) is 53.0 Å². The van der Waals surface area contributed by atoms with Crippen LogP contribution in [0, 0.1) is 55.4 Å². The van der Waals surface area contributed by atoms with E-state index in [-0.39, 0.29) is 10.8 Å². The zero-order chi connectivity index (χ0) is 79.4. The molecule has 11 heterocycles. The summed E-state index contributed by atoms with van der Waals surface area (Å²) in [4.78, 5) is 53.6. The fourth-order valence-corrected chi connectivity index (χ4v) is 18.7. The van der Waals surface area contributed by atoms with E-state index in [1.165, 1.54) is 62.8 Å². The largest absolute Gasteiger partial charge is 0.465 e. The van der Waals surface area contributed by atoms with Crippen LogP contribution in [0.3, 0.4) is 0 Å². The minimum Gasteiger partial charge on any atom is -0.465 e. The van der Waals surface area contributed by atoms with Crippen molar-refractivity contribution in [1.29, 1.82) is 0 Å². The molecule has 0 radical (unpaired) electrons. The molecule has 0 spiro atoms. The number of benzene rings is 5. The second kappa shape index (κ2) is 27.5. The third-order valence-corrected chi connectivity index (χ3v) is 24.5. The molecule has 4 N–H and O–H groups in total. The summed E-state index contributed by atoms with van der Waals surface area (Å²) < 4.78 is 13.1. The van der Waals surface area contributed by atoms with Crippen molar-refractivity contribution in [2.75, 3.05) is 7.11 Å². The van der Waals surface area contributed by atoms with Gasteiger partial charge >= 0.3 is 5.97 Å². The molecule has 5 aliphatic rings. The topological polar surface area (TPSA) is 150 Å². The number of fused-ring (bicyclic) bond motifs is 18. The number of rotatable bonds is 10. The van der Waals surface area contributed by atoms with Gasteiger partial charge < -0.3 is 29.4 Å². The number of nitrogens with zero attached hydrogens (tertiary/aromatic N) is 4. The van der Waals surface area contributed by atoms with Gasteiger partial charge in [-0.15, -0.1) is 0 Å². The van der Waals surface area contributed by atoms with Crippen LogP contribution in [0.2, 0.25) is 0 Å². The lowest BCUT2D eigenvalue weighted by molar-refractivity contribution is 0.0597. The molecule has 5 aliphatic heterocycles. The summed E-state index contributed by atoms with van der Waals surface area (Å²) in [5.41, 5.74) is 44.9. The van der Waals surface area contributed by atoms with Crippen LogP contribution in [0.4, 0.5) is 0 Å². The van der Waals surface area contributed by atoms with Gasteiger partial charge in [-0.3, -0.25) is 0 Å². The fraction of sp³-hybridized carbons (Fsp3) is 0.297. The SMILES string of the molecule is CCC1=C(C)c2cc3[nH]c(c(C)c3CC)c(-c3ccc(-c4c5nc(c(-c6c(C)cc(C)cc6C)c6ccc([nH]6)c(-c6cc(C(C)(C)C)cc7c6Oc6c(C(=O)OC)cc(C(C)(C)C)cc6C7(C)C)c6nc(c(-c7c(C)cc(C)cc7C)c7ccc4[nH]7)C=C6)C=C5)cc3)c3nc(cc4[nH]c(cc1n2)c(CC)c4C)C(CC)=C3C. The van der Waals surface area contributed by atoms with Crippen molar-refractivity contribution < 1.29 is 14.3 Å². The Labute approximate surface area is 659 Å². The molecule has 0 atom stereocenters. The predicted octanol–water partition coefficient (Wildman–Crippen LogP) is 26.7. The van der Waals surface area contributed by atoms with E-state index in [0.717, 1.165) is 216 Å². The Hall–Kier alpha value is -11.4. The smallest absolute Gasteiger partial charge is 0.341 e. The van der Waals surface area contributed by atoms with Crippen LogP contribution in [0.5, 0.6) is 11.5 Å². The lowest BCUT2D eigenvalue weighted by Gasteiger charge is -2.39. The van der Waals surface area contributed by atoms with Crippen LogP contribution >= 0.6 is 0 Å². The number of carbonyl (C=O) groups excluding carboxylic acids is 1. The van der Waals surface area contributed by atoms with Crippen molar-refractivity contribution >= 4 is 96.7 Å². The van der Waals surface area contributed by atoms with Crippen molar-refractivity contribution in [3.8, 4) is 67.1 Å². The number of methoxy groups -OCH3 is 1. The van der Waals surface area contributed by atoms with E-state index < -0.39 is 11.4 Å². The number of aromatic amines is 4. The van der Waals surface area contributed by atoms with E-state index in [4.69, 9.17) is 29.4 Å². The highest BCUT2D eigenvalue weighted by molar-refractivity contribution is 6.05. The highest BCUT2D eigenvalue weighted by Crippen LogP contribution is 2.56. The van der Waals surface area contributed by atoms with Crippen LogP contribution in [0.15, 0.2) is 115 Å². The fourth-order valence-electron chi connectivity index (χ4n) is 18.7. The van der Waals surface area contributed by atoms with Crippen LogP contribution in [0.25, 0.3) is 146 Å². The summed E-state index contributed by atoms with van der Waals surface area (Å²) in [6.45, 7) is 49.1. The second-order valence-electron chi connectivity index (χ2n) is 34.4. The Morgan fingerprint density at radius 1 is 0.420 bits per heavy atom. The van der Waals surface area contributed by atoms with Crippen molar-refractivity contribution in [2.45, 2.75) is 194 Å². The zero-order valence-corrected chi connectivity index (χ0v) is 69.6. The van der Waals surface area contributed by atoms with Crippen LogP contribution in [-0.2, 0) is 33.8 Å². The molecule has 11 nitrogen and oxygen atoms in total. The van der Waals surface area contributed by atoms with Crippen molar-refractivity contribution in [1.82, 2.24) is 39.9 Å². The first-order valence-corrected chi connectivity index (χ1v) is 40.1. The van der Waals surface area contributed by atoms with E-state index in [9.17, 15) is 4.79 Å². The number of esters is 1. The second-order valence-corrected chi connectivity index (χ2v) is 34.4. The van der Waals surface area contributed by atoms with Gasteiger partial charge in [0.2, 0.25) is 0 Å². The van der Waals surface area contributed by atoms with Gasteiger partial charge in [-0.2, -0.15) is 0 Å². The third-order valence-electron chi connectivity index (χ3n) is 24.5. The monoisotopic (exact) mass is 1480 g/mol. The van der Waals surface area contributed by atoms with E-state index in [2.05, 4.69) is 306 Å². The molecular formula is C101H104N8O3. The highest BCUT2D eigenvalue weighted by Gasteiger charge is 2.42. The first-order chi connectivity index (χ1) is 53.3. The van der Waals surface area contributed by atoms with E-state index in [1.807, 2.05) is 6.07 Å².